The van der Waals surface area contributed by atoms with Crippen molar-refractivity contribution in [1.82, 2.24) is 10.6 Å². The molecule has 1 aromatic rings. The zero-order chi connectivity index (χ0) is 17.6. The fourth-order valence-electron chi connectivity index (χ4n) is 1.95. The summed E-state index contributed by atoms with van der Waals surface area (Å²) >= 11 is 3.49. The van der Waals surface area contributed by atoms with Crippen molar-refractivity contribution < 1.29 is 14.2 Å². The fraction of sp³-hybridized carbons (Fsp3) is 0.588. The summed E-state index contributed by atoms with van der Waals surface area (Å²) in [5.74, 6) is 1.63. The van der Waals surface area contributed by atoms with Gasteiger partial charge in [-0.3, -0.25) is 0 Å². The quantitative estimate of drug-likeness (QED) is 0.199. The first-order chi connectivity index (χ1) is 11.7. The molecule has 0 saturated heterocycles. The summed E-state index contributed by atoms with van der Waals surface area (Å²) < 4.78 is 16.5. The van der Waals surface area contributed by atoms with Crippen LogP contribution in [0.1, 0.15) is 18.9 Å². The van der Waals surface area contributed by atoms with Crippen LogP contribution >= 0.6 is 39.9 Å². The van der Waals surface area contributed by atoms with Crippen molar-refractivity contribution in [3.8, 4) is 5.75 Å². The van der Waals surface area contributed by atoms with E-state index in [9.17, 15) is 0 Å². The van der Waals surface area contributed by atoms with Crippen molar-refractivity contribution in [2.45, 2.75) is 19.9 Å². The van der Waals surface area contributed by atoms with Gasteiger partial charge in [-0.05, 0) is 47.0 Å². The lowest BCUT2D eigenvalue weighted by Gasteiger charge is -2.12. The first kappa shape index (κ1) is 24.4. The van der Waals surface area contributed by atoms with Gasteiger partial charge in [0, 0.05) is 26.8 Å². The molecular weight excluding hydrogens is 501 g/mol. The minimum absolute atomic E-state index is 0. The third-order valence-electron chi connectivity index (χ3n) is 3.17. The Kier molecular flexibility index (Phi) is 15.3. The number of nitrogens with zero attached hydrogens (tertiary/aromatic N) is 1. The van der Waals surface area contributed by atoms with E-state index in [0.717, 1.165) is 41.3 Å². The SMILES string of the molecule is CCNC(=NCc1ccc(OC)c(Br)c1)NCCCOCCOC.I. The molecule has 0 unspecified atom stereocenters. The number of hydrogen-bond donors (Lipinski definition) is 2. The largest absolute Gasteiger partial charge is 0.496 e. The van der Waals surface area contributed by atoms with E-state index in [-0.39, 0.29) is 24.0 Å². The van der Waals surface area contributed by atoms with Crippen molar-refractivity contribution in [2.24, 2.45) is 4.99 Å². The molecule has 8 heteroatoms. The highest BCUT2D eigenvalue weighted by Gasteiger charge is 2.02. The molecule has 0 radical (unpaired) electrons. The molecule has 1 rings (SSSR count). The van der Waals surface area contributed by atoms with Crippen LogP contribution in [0.25, 0.3) is 0 Å². The van der Waals surface area contributed by atoms with E-state index in [4.69, 9.17) is 14.2 Å². The van der Waals surface area contributed by atoms with Crippen molar-refractivity contribution in [2.75, 3.05) is 47.1 Å². The fourth-order valence-corrected chi connectivity index (χ4v) is 2.53. The first-order valence-corrected chi connectivity index (χ1v) is 8.91. The normalized spacial score (nSPS) is 11.0. The number of rotatable bonds is 11. The molecule has 0 spiro atoms. The van der Waals surface area contributed by atoms with E-state index >= 15 is 0 Å². The number of halogens is 2. The number of aliphatic imine (C=N–C) groups is 1. The van der Waals surface area contributed by atoms with Crippen LogP contribution in [0.15, 0.2) is 27.7 Å². The Morgan fingerprint density at radius 1 is 1.16 bits per heavy atom. The van der Waals surface area contributed by atoms with Gasteiger partial charge in [0.2, 0.25) is 0 Å². The Balaban J connectivity index is 0.00000576. The summed E-state index contributed by atoms with van der Waals surface area (Å²) in [6, 6.07) is 5.97. The smallest absolute Gasteiger partial charge is 0.191 e. The van der Waals surface area contributed by atoms with Crippen LogP contribution in [0.2, 0.25) is 0 Å². The third kappa shape index (κ3) is 10.9. The van der Waals surface area contributed by atoms with Crippen LogP contribution < -0.4 is 15.4 Å². The van der Waals surface area contributed by atoms with Crippen LogP contribution in [-0.2, 0) is 16.0 Å². The van der Waals surface area contributed by atoms with E-state index in [0.29, 0.717) is 26.4 Å². The molecule has 0 aromatic heterocycles. The van der Waals surface area contributed by atoms with Gasteiger partial charge < -0.3 is 24.8 Å². The van der Waals surface area contributed by atoms with Crippen molar-refractivity contribution in [3.05, 3.63) is 28.2 Å². The van der Waals surface area contributed by atoms with E-state index in [1.165, 1.54) is 0 Å². The molecule has 0 atom stereocenters. The van der Waals surface area contributed by atoms with Crippen LogP contribution in [0.3, 0.4) is 0 Å². The highest BCUT2D eigenvalue weighted by Crippen LogP contribution is 2.25. The lowest BCUT2D eigenvalue weighted by molar-refractivity contribution is 0.0698. The number of methoxy groups -OCH3 is 2. The summed E-state index contributed by atoms with van der Waals surface area (Å²) in [7, 11) is 3.33. The Labute approximate surface area is 176 Å². The van der Waals surface area contributed by atoms with E-state index < -0.39 is 0 Å². The monoisotopic (exact) mass is 529 g/mol. The molecule has 6 nitrogen and oxygen atoms in total. The number of ether oxygens (including phenoxy) is 3. The standard InChI is InChI=1S/C17H28BrN3O3.HI/c1-4-19-17(20-8-5-9-24-11-10-22-2)21-13-14-6-7-16(23-3)15(18)12-14;/h6-7,12H,4-5,8-11,13H2,1-3H3,(H2,19,20,21);1H. The zero-order valence-electron chi connectivity index (χ0n) is 15.1. The van der Waals surface area contributed by atoms with Crippen molar-refractivity contribution >= 4 is 45.9 Å². The minimum atomic E-state index is 0. The van der Waals surface area contributed by atoms with E-state index in [1.807, 2.05) is 18.2 Å². The predicted octanol–water partition coefficient (Wildman–Crippen LogP) is 3.18. The average molecular weight is 530 g/mol. The molecule has 0 bridgehead atoms. The van der Waals surface area contributed by atoms with E-state index in [1.54, 1.807) is 14.2 Å². The molecule has 0 heterocycles. The molecule has 0 amide bonds. The summed E-state index contributed by atoms with van der Waals surface area (Å²) in [5, 5.41) is 6.55. The average Bonchev–Trinajstić information content (AvgIpc) is 2.59. The molecule has 0 aliphatic heterocycles. The molecular formula is C17H29BrIN3O3. The molecule has 25 heavy (non-hydrogen) atoms. The van der Waals surface area contributed by atoms with Crippen molar-refractivity contribution in [1.29, 1.82) is 0 Å². The summed E-state index contributed by atoms with van der Waals surface area (Å²) in [4.78, 5) is 4.60. The van der Waals surface area contributed by atoms with Gasteiger partial charge in [0.1, 0.15) is 5.75 Å². The highest BCUT2D eigenvalue weighted by atomic mass is 127. The molecule has 0 aliphatic rings. The second-order valence-electron chi connectivity index (χ2n) is 5.05. The molecule has 0 aliphatic carbocycles. The van der Waals surface area contributed by atoms with Gasteiger partial charge >= 0.3 is 0 Å². The van der Waals surface area contributed by atoms with Gasteiger partial charge in [0.25, 0.3) is 0 Å². The predicted molar refractivity (Wildman–Crippen MR) is 116 cm³/mol. The molecule has 0 saturated carbocycles. The number of guanidine groups is 1. The molecule has 1 aromatic carbocycles. The topological polar surface area (TPSA) is 64.1 Å². The van der Waals surface area contributed by atoms with Gasteiger partial charge in [0.05, 0.1) is 31.3 Å². The summed E-state index contributed by atoms with van der Waals surface area (Å²) in [6.07, 6.45) is 0.919. The minimum Gasteiger partial charge on any atom is -0.496 e. The second-order valence-corrected chi connectivity index (χ2v) is 5.90. The molecule has 0 fully saturated rings. The number of hydrogen-bond acceptors (Lipinski definition) is 4. The Hall–Kier alpha value is -0.580. The first-order valence-electron chi connectivity index (χ1n) is 8.12. The van der Waals surface area contributed by atoms with Gasteiger partial charge in [-0.25, -0.2) is 4.99 Å². The van der Waals surface area contributed by atoms with E-state index in [2.05, 4.69) is 38.5 Å². The number of benzene rings is 1. The summed E-state index contributed by atoms with van der Waals surface area (Å²) in [5.41, 5.74) is 1.11. The maximum Gasteiger partial charge on any atom is 0.191 e. The maximum absolute atomic E-state index is 5.44. The molecule has 144 valence electrons. The van der Waals surface area contributed by atoms with Crippen molar-refractivity contribution in [3.63, 3.8) is 0 Å². The van der Waals surface area contributed by atoms with Gasteiger partial charge in [-0.15, -0.1) is 24.0 Å². The third-order valence-corrected chi connectivity index (χ3v) is 3.79. The van der Waals surface area contributed by atoms with Crippen LogP contribution in [-0.4, -0.2) is 53.1 Å². The summed E-state index contributed by atoms with van der Waals surface area (Å²) in [6.45, 7) is 6.26. The maximum atomic E-state index is 5.44. The Morgan fingerprint density at radius 3 is 2.60 bits per heavy atom. The number of nitrogens with one attached hydrogen (secondary N) is 2. The Morgan fingerprint density at radius 2 is 1.96 bits per heavy atom. The lowest BCUT2D eigenvalue weighted by Crippen LogP contribution is -2.38. The molecule has 2 N–H and O–H groups in total. The highest BCUT2D eigenvalue weighted by molar-refractivity contribution is 14.0. The van der Waals surface area contributed by atoms with Gasteiger partial charge in [-0.1, -0.05) is 6.07 Å². The Bertz CT molecular complexity index is 504. The van der Waals surface area contributed by atoms with Gasteiger partial charge in [0.15, 0.2) is 5.96 Å². The lowest BCUT2D eigenvalue weighted by atomic mass is 10.2. The zero-order valence-corrected chi connectivity index (χ0v) is 19.1. The van der Waals surface area contributed by atoms with Gasteiger partial charge in [-0.2, -0.15) is 0 Å². The van der Waals surface area contributed by atoms with Crippen LogP contribution in [0.5, 0.6) is 5.75 Å². The van der Waals surface area contributed by atoms with Crippen LogP contribution in [0, 0.1) is 0 Å². The van der Waals surface area contributed by atoms with Crippen LogP contribution in [0.4, 0.5) is 0 Å². The second kappa shape index (κ2) is 15.7.